The van der Waals surface area contributed by atoms with E-state index in [0.717, 1.165) is 10.6 Å². The minimum Gasteiger partial charge on any atom is -0.508 e. The largest absolute Gasteiger partial charge is 0.508 e. The minimum atomic E-state index is -0.574. The van der Waals surface area contributed by atoms with Crippen molar-refractivity contribution in [2.45, 2.75) is 6.61 Å². The molecule has 0 spiro atoms. The van der Waals surface area contributed by atoms with Gasteiger partial charge in [0.25, 0.3) is 11.8 Å². The van der Waals surface area contributed by atoms with Crippen LogP contribution in [-0.4, -0.2) is 22.0 Å². The number of benzene rings is 3. The molecule has 24 heavy (non-hydrogen) atoms. The average Bonchev–Trinajstić information content (AvgIpc) is 2.60. The molecule has 1 aliphatic heterocycles. The summed E-state index contributed by atoms with van der Waals surface area (Å²) in [6.07, 6.45) is 0. The predicted molar refractivity (Wildman–Crippen MR) is 87.3 cm³/mol. The van der Waals surface area contributed by atoms with Crippen LogP contribution in [0.2, 0.25) is 0 Å². The molecule has 0 aromatic heterocycles. The van der Waals surface area contributed by atoms with E-state index in [4.69, 9.17) is 4.84 Å². The number of nitrogens with zero attached hydrogens (tertiary/aromatic N) is 1. The summed E-state index contributed by atoms with van der Waals surface area (Å²) < 4.78 is 0. The first-order valence-electron chi connectivity index (χ1n) is 7.46. The molecule has 1 heterocycles. The number of rotatable bonds is 3. The minimum absolute atomic E-state index is 0.0274. The molecule has 4 rings (SSSR count). The van der Waals surface area contributed by atoms with Crippen molar-refractivity contribution in [3.63, 3.8) is 0 Å². The Hall–Kier alpha value is -3.18. The summed E-state index contributed by atoms with van der Waals surface area (Å²) >= 11 is 0. The van der Waals surface area contributed by atoms with Crippen LogP contribution < -0.4 is 0 Å². The second-order valence-electron chi connectivity index (χ2n) is 5.56. The molecule has 3 aromatic carbocycles. The summed E-state index contributed by atoms with van der Waals surface area (Å²) in [6.45, 7) is 0.0996. The van der Waals surface area contributed by atoms with Gasteiger partial charge in [0.2, 0.25) is 0 Å². The molecule has 5 heteroatoms. The van der Waals surface area contributed by atoms with E-state index in [-0.39, 0.29) is 17.9 Å². The Bertz CT molecular complexity index is 966. The maximum absolute atomic E-state index is 12.7. The lowest BCUT2D eigenvalue weighted by Crippen LogP contribution is -2.40. The fourth-order valence-corrected chi connectivity index (χ4v) is 2.90. The number of carbonyl (C=O) groups is 2. The number of hydrogen-bond donors (Lipinski definition) is 1. The van der Waals surface area contributed by atoms with Crippen molar-refractivity contribution in [3.8, 4) is 5.75 Å². The Labute approximate surface area is 137 Å². The first-order valence-corrected chi connectivity index (χ1v) is 7.46. The van der Waals surface area contributed by atoms with E-state index in [9.17, 15) is 14.7 Å². The van der Waals surface area contributed by atoms with Crippen LogP contribution >= 0.6 is 0 Å². The van der Waals surface area contributed by atoms with Gasteiger partial charge < -0.3 is 5.11 Å². The van der Waals surface area contributed by atoms with Gasteiger partial charge in [0, 0.05) is 5.39 Å². The smallest absolute Gasteiger partial charge is 0.285 e. The number of carbonyl (C=O) groups excluding carboxylic acids is 2. The highest BCUT2D eigenvalue weighted by Gasteiger charge is 2.34. The van der Waals surface area contributed by atoms with Gasteiger partial charge in [0.05, 0.1) is 11.1 Å². The Morgan fingerprint density at radius 1 is 0.875 bits per heavy atom. The van der Waals surface area contributed by atoms with Gasteiger partial charge in [-0.2, -0.15) is 0 Å². The van der Waals surface area contributed by atoms with Crippen LogP contribution in [0.15, 0.2) is 60.7 Å². The zero-order valence-corrected chi connectivity index (χ0v) is 12.6. The van der Waals surface area contributed by atoms with Crippen LogP contribution in [-0.2, 0) is 11.4 Å². The molecule has 0 unspecified atom stereocenters. The lowest BCUT2D eigenvalue weighted by molar-refractivity contribution is -0.104. The van der Waals surface area contributed by atoms with Crippen LogP contribution in [0.1, 0.15) is 26.3 Å². The summed E-state index contributed by atoms with van der Waals surface area (Å²) in [7, 11) is 0. The van der Waals surface area contributed by atoms with Crippen LogP contribution in [0.4, 0.5) is 0 Å². The molecule has 1 aliphatic rings. The summed E-state index contributed by atoms with van der Waals surface area (Å²) in [6, 6.07) is 17.3. The van der Waals surface area contributed by atoms with Crippen molar-refractivity contribution in [1.29, 1.82) is 0 Å². The molecule has 1 N–H and O–H groups in total. The van der Waals surface area contributed by atoms with Crippen molar-refractivity contribution in [2.75, 3.05) is 0 Å². The fraction of sp³-hybridized carbons (Fsp3) is 0.0526. The third-order valence-electron chi connectivity index (χ3n) is 3.99. The lowest BCUT2D eigenvalue weighted by atomic mass is 9.95. The standard InChI is InChI=1S/C19H13NO4/c21-14-9-13-7-4-8-15-17(13)16(10-14)19(23)20(18(15)22)24-11-12-5-2-1-3-6-12/h1-10,21H,11H2. The van der Waals surface area contributed by atoms with Crippen LogP contribution in [0, 0.1) is 0 Å². The van der Waals surface area contributed by atoms with Gasteiger partial charge in [-0.3, -0.25) is 14.4 Å². The van der Waals surface area contributed by atoms with E-state index in [1.54, 1.807) is 18.2 Å². The van der Waals surface area contributed by atoms with E-state index in [1.165, 1.54) is 12.1 Å². The molecule has 0 radical (unpaired) electrons. The van der Waals surface area contributed by atoms with Crippen LogP contribution in [0.5, 0.6) is 5.75 Å². The van der Waals surface area contributed by atoms with Gasteiger partial charge in [-0.05, 0) is 29.1 Å². The number of phenolic OH excluding ortho intramolecular Hbond substituents is 1. The van der Waals surface area contributed by atoms with E-state index >= 15 is 0 Å². The normalized spacial score (nSPS) is 13.6. The second-order valence-corrected chi connectivity index (χ2v) is 5.56. The van der Waals surface area contributed by atoms with Gasteiger partial charge >= 0.3 is 0 Å². The molecular formula is C19H13NO4. The summed E-state index contributed by atoms with van der Waals surface area (Å²) in [5.41, 5.74) is 1.49. The summed E-state index contributed by atoms with van der Waals surface area (Å²) in [5.74, 6) is -1.10. The lowest BCUT2D eigenvalue weighted by Gasteiger charge is -2.26. The SMILES string of the molecule is O=C1c2cccc3cc(O)cc(c23)C(=O)N1OCc1ccccc1. The van der Waals surface area contributed by atoms with Crippen molar-refractivity contribution in [1.82, 2.24) is 5.06 Å². The Morgan fingerprint density at radius 2 is 1.62 bits per heavy atom. The van der Waals surface area contributed by atoms with Crippen molar-refractivity contribution < 1.29 is 19.5 Å². The number of imide groups is 1. The number of aromatic hydroxyl groups is 1. The monoisotopic (exact) mass is 319 g/mol. The van der Waals surface area contributed by atoms with Crippen molar-refractivity contribution in [3.05, 3.63) is 77.4 Å². The highest BCUT2D eigenvalue weighted by atomic mass is 16.7. The second kappa shape index (κ2) is 5.47. The first kappa shape index (κ1) is 14.4. The van der Waals surface area contributed by atoms with Crippen LogP contribution in [0.3, 0.4) is 0 Å². The Kier molecular flexibility index (Phi) is 3.29. The van der Waals surface area contributed by atoms with Crippen molar-refractivity contribution in [2.24, 2.45) is 0 Å². The number of hydrogen-bond acceptors (Lipinski definition) is 4. The van der Waals surface area contributed by atoms with E-state index in [2.05, 4.69) is 0 Å². The highest BCUT2D eigenvalue weighted by molar-refractivity contribution is 6.25. The summed E-state index contributed by atoms with van der Waals surface area (Å²) in [4.78, 5) is 30.8. The molecule has 0 aliphatic carbocycles. The molecule has 0 saturated carbocycles. The summed E-state index contributed by atoms with van der Waals surface area (Å²) in [5, 5.41) is 11.8. The molecule has 3 aromatic rings. The Balaban J connectivity index is 1.74. The van der Waals surface area contributed by atoms with Gasteiger partial charge in [0.15, 0.2) is 0 Å². The van der Waals surface area contributed by atoms with E-state index in [1.807, 2.05) is 30.3 Å². The third-order valence-corrected chi connectivity index (χ3v) is 3.99. The molecule has 118 valence electrons. The predicted octanol–water partition coefficient (Wildman–Crippen LogP) is 3.27. The zero-order valence-electron chi connectivity index (χ0n) is 12.6. The Morgan fingerprint density at radius 3 is 2.42 bits per heavy atom. The van der Waals surface area contributed by atoms with Gasteiger partial charge in [0.1, 0.15) is 12.4 Å². The van der Waals surface area contributed by atoms with Crippen LogP contribution in [0.25, 0.3) is 10.8 Å². The van der Waals surface area contributed by atoms with Gasteiger partial charge in [-0.25, -0.2) is 0 Å². The zero-order chi connectivity index (χ0) is 16.7. The molecular weight excluding hydrogens is 306 g/mol. The molecule has 2 amide bonds. The van der Waals surface area contributed by atoms with Gasteiger partial charge in [-0.15, -0.1) is 5.06 Å². The molecule has 0 bridgehead atoms. The first-order chi connectivity index (χ1) is 11.6. The van der Waals surface area contributed by atoms with Gasteiger partial charge in [-0.1, -0.05) is 42.5 Å². The molecule has 0 saturated heterocycles. The maximum Gasteiger partial charge on any atom is 0.285 e. The highest BCUT2D eigenvalue weighted by Crippen LogP contribution is 2.33. The molecule has 5 nitrogen and oxygen atoms in total. The quantitative estimate of drug-likeness (QED) is 0.752. The van der Waals surface area contributed by atoms with Crippen molar-refractivity contribution >= 4 is 22.6 Å². The van der Waals surface area contributed by atoms with E-state index in [0.29, 0.717) is 16.3 Å². The maximum atomic E-state index is 12.7. The number of amides is 2. The van der Waals surface area contributed by atoms with E-state index < -0.39 is 11.8 Å². The topological polar surface area (TPSA) is 66.8 Å². The molecule has 0 atom stereocenters. The molecule has 0 fully saturated rings. The average molecular weight is 319 g/mol. The third kappa shape index (κ3) is 2.23. The fourth-order valence-electron chi connectivity index (χ4n) is 2.90. The number of phenols is 1. The number of hydroxylamine groups is 2.